The van der Waals surface area contributed by atoms with Crippen molar-refractivity contribution in [1.29, 1.82) is 0 Å². The molecule has 3 rings (SSSR count). The predicted molar refractivity (Wildman–Crippen MR) is 99.4 cm³/mol. The Hall–Kier alpha value is -2.99. The highest BCUT2D eigenvalue weighted by molar-refractivity contribution is 5.58. The van der Waals surface area contributed by atoms with Crippen molar-refractivity contribution in [1.82, 2.24) is 15.0 Å². The lowest BCUT2D eigenvalue weighted by molar-refractivity contribution is -0.908. The second-order valence-electron chi connectivity index (χ2n) is 6.17. The number of nitrogen functional groups attached to an aromatic ring is 1. The summed E-state index contributed by atoms with van der Waals surface area (Å²) in [5.41, 5.74) is 9.23. The molecule has 0 aliphatic carbocycles. The second-order valence-corrected chi connectivity index (χ2v) is 6.17. The first-order valence-electron chi connectivity index (χ1n) is 8.28. The number of nitrogens with one attached hydrogen (secondary N) is 2. The SMILES string of the molecule is Cc1ccccc1Nc1nc(N)nc(C[NH+](C)Cc2ccccc2)n1. The molecule has 6 heteroatoms. The zero-order chi connectivity index (χ0) is 17.6. The summed E-state index contributed by atoms with van der Waals surface area (Å²) in [4.78, 5) is 14.3. The van der Waals surface area contributed by atoms with Crippen molar-refractivity contribution in [3.8, 4) is 0 Å². The maximum Gasteiger partial charge on any atom is 0.232 e. The van der Waals surface area contributed by atoms with Crippen molar-refractivity contribution in [3.63, 3.8) is 0 Å². The molecule has 1 unspecified atom stereocenters. The van der Waals surface area contributed by atoms with Crippen LogP contribution in [-0.2, 0) is 13.1 Å². The number of anilines is 3. The molecule has 0 saturated carbocycles. The van der Waals surface area contributed by atoms with Gasteiger partial charge in [0.25, 0.3) is 0 Å². The summed E-state index contributed by atoms with van der Waals surface area (Å²) in [5.74, 6) is 1.38. The molecular formula is C19H23N6+. The number of hydrogen-bond donors (Lipinski definition) is 3. The monoisotopic (exact) mass is 335 g/mol. The molecule has 1 heterocycles. The van der Waals surface area contributed by atoms with Crippen LogP contribution in [-0.4, -0.2) is 22.0 Å². The van der Waals surface area contributed by atoms with Crippen LogP contribution in [0.3, 0.4) is 0 Å². The lowest BCUT2D eigenvalue weighted by Gasteiger charge is -2.14. The van der Waals surface area contributed by atoms with Gasteiger partial charge in [0.15, 0.2) is 5.82 Å². The third-order valence-corrected chi connectivity index (χ3v) is 3.90. The average Bonchev–Trinajstić information content (AvgIpc) is 2.57. The zero-order valence-corrected chi connectivity index (χ0v) is 14.5. The molecule has 0 aliphatic rings. The molecule has 25 heavy (non-hydrogen) atoms. The summed E-state index contributed by atoms with van der Waals surface area (Å²) in [7, 11) is 2.11. The van der Waals surface area contributed by atoms with Crippen LogP contribution in [0.15, 0.2) is 54.6 Å². The molecule has 1 atom stereocenters. The van der Waals surface area contributed by atoms with Gasteiger partial charge in [-0.3, -0.25) is 0 Å². The van der Waals surface area contributed by atoms with Crippen molar-refractivity contribution in [2.24, 2.45) is 0 Å². The third-order valence-electron chi connectivity index (χ3n) is 3.90. The molecule has 6 nitrogen and oxygen atoms in total. The first-order valence-corrected chi connectivity index (χ1v) is 8.28. The summed E-state index contributed by atoms with van der Waals surface area (Å²) >= 11 is 0. The minimum Gasteiger partial charge on any atom is -0.368 e. The van der Waals surface area contributed by atoms with Crippen LogP contribution < -0.4 is 16.0 Å². The molecule has 0 saturated heterocycles. The number of hydrogen-bond acceptors (Lipinski definition) is 5. The van der Waals surface area contributed by atoms with Gasteiger partial charge in [-0.05, 0) is 18.6 Å². The van der Waals surface area contributed by atoms with Crippen molar-refractivity contribution >= 4 is 17.6 Å². The number of nitrogens with zero attached hydrogens (tertiary/aromatic N) is 3. The summed E-state index contributed by atoms with van der Waals surface area (Å²) in [6, 6.07) is 18.4. The number of rotatable bonds is 6. The normalized spacial score (nSPS) is 11.9. The highest BCUT2D eigenvalue weighted by Gasteiger charge is 2.11. The van der Waals surface area contributed by atoms with Gasteiger partial charge in [-0.2, -0.15) is 15.0 Å². The van der Waals surface area contributed by atoms with Gasteiger partial charge in [0.2, 0.25) is 11.9 Å². The maximum atomic E-state index is 5.87. The number of quaternary nitrogens is 1. The lowest BCUT2D eigenvalue weighted by atomic mass is 10.2. The Bertz CT molecular complexity index is 834. The molecule has 0 fully saturated rings. The summed E-state index contributed by atoms with van der Waals surface area (Å²) in [6.07, 6.45) is 0. The van der Waals surface area contributed by atoms with E-state index in [4.69, 9.17) is 5.73 Å². The van der Waals surface area contributed by atoms with Crippen molar-refractivity contribution in [3.05, 3.63) is 71.5 Å². The van der Waals surface area contributed by atoms with E-state index in [-0.39, 0.29) is 5.95 Å². The van der Waals surface area contributed by atoms with E-state index in [9.17, 15) is 0 Å². The third kappa shape index (κ3) is 4.74. The van der Waals surface area contributed by atoms with E-state index in [1.54, 1.807) is 0 Å². The van der Waals surface area contributed by atoms with E-state index in [0.717, 1.165) is 17.8 Å². The van der Waals surface area contributed by atoms with Crippen LogP contribution in [0.2, 0.25) is 0 Å². The van der Waals surface area contributed by atoms with Crippen molar-refractivity contribution < 1.29 is 4.90 Å². The molecule has 0 aliphatic heterocycles. The Morgan fingerprint density at radius 1 is 0.920 bits per heavy atom. The number of nitrogens with two attached hydrogens (primary N) is 1. The van der Waals surface area contributed by atoms with Gasteiger partial charge in [0, 0.05) is 11.3 Å². The second kappa shape index (κ2) is 7.72. The number of aromatic nitrogens is 3. The minimum absolute atomic E-state index is 0.230. The topological polar surface area (TPSA) is 81.2 Å². The molecule has 3 aromatic rings. The van der Waals surface area contributed by atoms with Crippen molar-refractivity contribution in [2.45, 2.75) is 20.0 Å². The van der Waals surface area contributed by atoms with Gasteiger partial charge >= 0.3 is 0 Å². The van der Waals surface area contributed by atoms with Gasteiger partial charge in [0.05, 0.1) is 7.05 Å². The van der Waals surface area contributed by atoms with Crippen molar-refractivity contribution in [2.75, 3.05) is 18.1 Å². The average molecular weight is 335 g/mol. The molecular weight excluding hydrogens is 312 g/mol. The Morgan fingerprint density at radius 2 is 1.64 bits per heavy atom. The molecule has 1 aromatic heterocycles. The van der Waals surface area contributed by atoms with E-state index in [1.807, 2.05) is 49.4 Å². The Balaban J connectivity index is 1.72. The molecule has 2 aromatic carbocycles. The molecule has 0 bridgehead atoms. The lowest BCUT2D eigenvalue weighted by Crippen LogP contribution is -3.06. The van der Waals surface area contributed by atoms with Crippen LogP contribution >= 0.6 is 0 Å². The summed E-state index contributed by atoms with van der Waals surface area (Å²) < 4.78 is 0. The van der Waals surface area contributed by atoms with Crippen LogP contribution in [0.25, 0.3) is 0 Å². The highest BCUT2D eigenvalue weighted by Crippen LogP contribution is 2.17. The van der Waals surface area contributed by atoms with Gasteiger partial charge in [0.1, 0.15) is 13.1 Å². The summed E-state index contributed by atoms with van der Waals surface area (Å²) in [5, 5.41) is 3.22. The predicted octanol–water partition coefficient (Wildman–Crippen LogP) is 1.72. The molecule has 128 valence electrons. The van der Waals surface area contributed by atoms with E-state index < -0.39 is 0 Å². The fraction of sp³-hybridized carbons (Fsp3) is 0.211. The molecule has 4 N–H and O–H groups in total. The van der Waals surface area contributed by atoms with Crippen LogP contribution in [0.4, 0.5) is 17.6 Å². The molecule has 0 radical (unpaired) electrons. The standard InChI is InChI=1S/C19H22N6/c1-14-8-6-7-11-16(14)21-19-23-17(22-18(20)24-19)13-25(2)12-15-9-4-3-5-10-15/h3-11H,12-13H2,1-2H3,(H3,20,21,22,23,24)/p+1. The fourth-order valence-corrected chi connectivity index (χ4v) is 2.68. The van der Waals surface area contributed by atoms with E-state index in [2.05, 4.69) is 39.4 Å². The van der Waals surface area contributed by atoms with E-state index >= 15 is 0 Å². The largest absolute Gasteiger partial charge is 0.368 e. The number of aryl methyl sites for hydroxylation is 1. The van der Waals surface area contributed by atoms with Gasteiger partial charge in [-0.1, -0.05) is 48.5 Å². The quantitative estimate of drug-likeness (QED) is 0.639. The Labute approximate surface area is 147 Å². The van der Waals surface area contributed by atoms with Gasteiger partial charge < -0.3 is 16.0 Å². The highest BCUT2D eigenvalue weighted by atomic mass is 15.2. The van der Waals surface area contributed by atoms with Crippen LogP contribution in [0.1, 0.15) is 17.0 Å². The van der Waals surface area contributed by atoms with Crippen LogP contribution in [0.5, 0.6) is 0 Å². The smallest absolute Gasteiger partial charge is 0.232 e. The van der Waals surface area contributed by atoms with Crippen LogP contribution in [0, 0.1) is 6.92 Å². The zero-order valence-electron chi connectivity index (χ0n) is 14.5. The number of benzene rings is 2. The molecule has 0 amide bonds. The maximum absolute atomic E-state index is 5.87. The van der Waals surface area contributed by atoms with Gasteiger partial charge in [-0.15, -0.1) is 0 Å². The van der Waals surface area contributed by atoms with E-state index in [1.165, 1.54) is 10.5 Å². The first kappa shape index (κ1) is 16.9. The summed E-state index contributed by atoms with van der Waals surface area (Å²) in [6.45, 7) is 3.60. The fourth-order valence-electron chi connectivity index (χ4n) is 2.68. The Morgan fingerprint density at radius 3 is 2.40 bits per heavy atom. The molecule has 0 spiro atoms. The Kier molecular flexibility index (Phi) is 5.20. The number of para-hydroxylation sites is 1. The first-order chi connectivity index (χ1) is 12.1. The van der Waals surface area contributed by atoms with E-state index in [0.29, 0.717) is 18.3 Å². The van der Waals surface area contributed by atoms with Gasteiger partial charge in [-0.25, -0.2) is 0 Å². The minimum atomic E-state index is 0.230.